The number of rotatable bonds is 12. The number of ether oxygens (including phenoxy) is 4. The van der Waals surface area contributed by atoms with Crippen LogP contribution in [-0.2, 0) is 309 Å². The predicted octanol–water partition coefficient (Wildman–Crippen LogP) is 1.49. The number of aliphatic hydroxyl groups is 1. The molecule has 0 saturated carbocycles. The molecule has 1 rings (SSSR count). The van der Waals surface area contributed by atoms with Gasteiger partial charge in [0.1, 0.15) is 24.7 Å². The van der Waals surface area contributed by atoms with Crippen LogP contribution in [-0.4, -0.2) is 57.9 Å². The molecule has 0 fully saturated rings. The molecule has 174 valence electrons. The molecule has 18 heteroatoms. The molecule has 0 atom stereocenters. The van der Waals surface area contributed by atoms with E-state index in [1.54, 1.807) is 0 Å². The van der Waals surface area contributed by atoms with Crippen LogP contribution < -0.4 is 9.47 Å². The van der Waals surface area contributed by atoms with Crippen LogP contribution >= 0.6 is 0 Å². The molecule has 0 heterocycles. The minimum Gasteiger partial charge on any atom is -0.676 e. The molecule has 2 N–H and O–H groups in total. The summed E-state index contributed by atoms with van der Waals surface area (Å²) in [5, 5.41) is 8.53. The number of aliphatic hydroxyl groups excluding tert-OH is 1. The summed E-state index contributed by atoms with van der Waals surface area (Å²) in [6, 6.07) is 7.31. The molecule has 0 bridgehead atoms. The Kier molecular flexibility index (Phi) is 153. The molecule has 0 aliphatic rings. The van der Waals surface area contributed by atoms with Gasteiger partial charge in [0.15, 0.2) is 0 Å². The van der Waals surface area contributed by atoms with Crippen molar-refractivity contribution >= 4 is 0 Å². The topological polar surface area (TPSA) is 81.0 Å². The second-order valence-corrected chi connectivity index (χ2v) is 3.87. The first-order valence-corrected chi connectivity index (χ1v) is 6.63. The minimum atomic E-state index is 0. The van der Waals surface area contributed by atoms with E-state index in [0.717, 1.165) is 11.5 Å². The maximum atomic E-state index is 8.53. The van der Waals surface area contributed by atoms with Gasteiger partial charge in [-0.05, 0) is 24.3 Å². The van der Waals surface area contributed by atoms with Crippen molar-refractivity contribution in [1.82, 2.24) is 0 Å². The molecule has 0 unspecified atom stereocenters. The van der Waals surface area contributed by atoms with E-state index in [4.69, 9.17) is 29.8 Å². The van der Waals surface area contributed by atoms with Gasteiger partial charge >= 0.3 is 0 Å². The van der Waals surface area contributed by atoms with Gasteiger partial charge in [0.05, 0.1) is 26.4 Å². The molecule has 1 aromatic rings. The average Bonchev–Trinajstić information content (AvgIpc) is 2.48. The molecular formula is C14H22NO5W8Y4-. The zero-order chi connectivity index (χ0) is 14.5. The number of nitrogens with one attached hydrogen (secondary N) is 1. The van der Waals surface area contributed by atoms with Gasteiger partial charge in [-0.15, -0.1) is 6.54 Å². The van der Waals surface area contributed by atoms with Crippen LogP contribution in [0, 0.1) is 0 Å². The first-order valence-electron chi connectivity index (χ1n) is 6.63. The third-order valence-electron chi connectivity index (χ3n) is 2.30. The Morgan fingerprint density at radius 1 is 0.531 bits per heavy atom. The van der Waals surface area contributed by atoms with Gasteiger partial charge in [0.25, 0.3) is 0 Å². The van der Waals surface area contributed by atoms with E-state index >= 15 is 0 Å². The number of hydrogen-bond donors (Lipinski definition) is 1. The summed E-state index contributed by atoms with van der Waals surface area (Å²) < 4.78 is 21.2. The fraction of sp³-hybridized carbons (Fsp3) is 0.571. The summed E-state index contributed by atoms with van der Waals surface area (Å²) in [4.78, 5) is 0. The van der Waals surface area contributed by atoms with Crippen LogP contribution in [0.2, 0.25) is 0 Å². The SMILES string of the molecule is [NH-]CCOCCOc1ccc(OCCOCCO)cc1.[W].[W].[W].[W].[W].[W].[W].[W].[Y].[Y].[Y].[Y]. The molecule has 0 spiro atoms. The Morgan fingerprint density at radius 2 is 0.844 bits per heavy atom. The van der Waals surface area contributed by atoms with E-state index in [0.29, 0.717) is 39.6 Å². The zero-order valence-corrected chi connectivity index (χ0v) is 51.9. The average molecular weight is 2110 g/mol. The van der Waals surface area contributed by atoms with E-state index in [1.165, 1.54) is 0 Å². The molecule has 4 radical (unpaired) electrons. The smallest absolute Gasteiger partial charge is 0.119 e. The Morgan fingerprint density at radius 3 is 1.12 bits per heavy atom. The van der Waals surface area contributed by atoms with Crippen molar-refractivity contribution in [2.75, 3.05) is 52.8 Å². The molecule has 1 aromatic carbocycles. The van der Waals surface area contributed by atoms with E-state index in [1.807, 2.05) is 24.3 Å². The summed E-state index contributed by atoms with van der Waals surface area (Å²) in [6.07, 6.45) is 0. The van der Waals surface area contributed by atoms with Crippen molar-refractivity contribution in [2.24, 2.45) is 0 Å². The van der Waals surface area contributed by atoms with E-state index < -0.39 is 0 Å². The largest absolute Gasteiger partial charge is 0.676 e. The second kappa shape index (κ2) is 63.0. The molecule has 0 saturated heterocycles. The van der Waals surface area contributed by atoms with Gasteiger partial charge in [-0.2, -0.15) is 0 Å². The summed E-state index contributed by atoms with van der Waals surface area (Å²) >= 11 is 0. The van der Waals surface area contributed by atoms with Crippen LogP contribution in [0.1, 0.15) is 0 Å². The van der Waals surface area contributed by atoms with E-state index in [9.17, 15) is 0 Å². The molecule has 0 aliphatic carbocycles. The van der Waals surface area contributed by atoms with Crippen molar-refractivity contribution < 1.29 is 323 Å². The second-order valence-electron chi connectivity index (χ2n) is 3.87. The summed E-state index contributed by atoms with van der Waals surface area (Å²) in [7, 11) is 0. The van der Waals surface area contributed by atoms with E-state index in [-0.39, 0.29) is 313 Å². The Balaban J connectivity index is -0.0000000333. The normalized spacial score (nSPS) is 6.56. The fourth-order valence-corrected chi connectivity index (χ4v) is 1.41. The molecule has 0 amide bonds. The molecule has 0 aromatic heterocycles. The van der Waals surface area contributed by atoms with Crippen molar-refractivity contribution in [1.29, 1.82) is 0 Å². The van der Waals surface area contributed by atoms with Crippen LogP contribution in [0.25, 0.3) is 5.73 Å². The Hall–Kier alpha value is 8.58. The molecule has 6 nitrogen and oxygen atoms in total. The summed E-state index contributed by atoms with van der Waals surface area (Å²) in [5.74, 6) is 1.50. The van der Waals surface area contributed by atoms with Crippen LogP contribution in [0.3, 0.4) is 0 Å². The van der Waals surface area contributed by atoms with Crippen LogP contribution in [0.4, 0.5) is 0 Å². The standard InChI is InChI=1S/C14H22NO5.8W.4Y/c15-5-7-17-9-11-19-13-1-3-14(4-2-13)20-12-10-18-8-6-16;;;;;;;;;;;;/h1-4,15-16H,5-12H2;;;;;;;;;;;;/q-1;;;;;;;;;;;;. The fourth-order valence-electron chi connectivity index (χ4n) is 1.41. The van der Waals surface area contributed by atoms with Gasteiger partial charge in [0.2, 0.25) is 0 Å². The van der Waals surface area contributed by atoms with Gasteiger partial charge in [-0.3, -0.25) is 0 Å². The van der Waals surface area contributed by atoms with Crippen molar-refractivity contribution in [3.05, 3.63) is 30.0 Å². The van der Waals surface area contributed by atoms with Crippen molar-refractivity contribution in [3.63, 3.8) is 0 Å². The predicted molar refractivity (Wildman–Crippen MR) is 75.3 cm³/mol. The van der Waals surface area contributed by atoms with Crippen molar-refractivity contribution in [3.8, 4) is 11.5 Å². The number of hydrogen-bond acceptors (Lipinski definition) is 5. The van der Waals surface area contributed by atoms with Gasteiger partial charge in [0, 0.05) is 306 Å². The van der Waals surface area contributed by atoms with Crippen LogP contribution in [0.5, 0.6) is 11.5 Å². The summed E-state index contributed by atoms with van der Waals surface area (Å²) in [6.45, 7) is 2.92. The Labute approximate surface area is 408 Å². The van der Waals surface area contributed by atoms with E-state index in [2.05, 4.69) is 0 Å². The first kappa shape index (κ1) is 77.8. The molecule has 0 aliphatic heterocycles. The summed E-state index contributed by atoms with van der Waals surface area (Å²) in [5.41, 5.74) is 6.92. The minimum absolute atomic E-state index is 0. The van der Waals surface area contributed by atoms with Gasteiger partial charge in [-0.1, -0.05) is 0 Å². The van der Waals surface area contributed by atoms with Gasteiger partial charge < -0.3 is 29.8 Å². The third-order valence-corrected chi connectivity index (χ3v) is 2.30. The van der Waals surface area contributed by atoms with Crippen molar-refractivity contribution in [2.45, 2.75) is 0 Å². The third kappa shape index (κ3) is 51.3. The zero-order valence-electron chi connectivity index (χ0n) is 17.1. The number of benzene rings is 1. The monoisotopic (exact) mass is 2110 g/mol. The first-order chi connectivity index (χ1) is 9.86. The maximum absolute atomic E-state index is 8.53. The maximum Gasteiger partial charge on any atom is 0.119 e. The quantitative estimate of drug-likeness (QED) is 0.322. The Bertz CT molecular complexity index is 339. The molecule has 32 heavy (non-hydrogen) atoms. The van der Waals surface area contributed by atoms with Gasteiger partial charge in [-0.25, -0.2) is 0 Å². The molecular weight excluding hydrogens is 2090 g/mol. The van der Waals surface area contributed by atoms with Crippen LogP contribution in [0.15, 0.2) is 24.3 Å².